The van der Waals surface area contributed by atoms with Gasteiger partial charge in [0.1, 0.15) is 0 Å². The molecule has 0 spiro atoms. The summed E-state index contributed by atoms with van der Waals surface area (Å²) in [4.78, 5) is 19.9. The molecule has 0 aliphatic heterocycles. The van der Waals surface area contributed by atoms with E-state index in [1.807, 2.05) is 0 Å². The predicted molar refractivity (Wildman–Crippen MR) is 40.8 cm³/mol. The van der Waals surface area contributed by atoms with E-state index in [0.717, 1.165) is 0 Å². The third-order valence-electron chi connectivity index (χ3n) is 0.943. The van der Waals surface area contributed by atoms with Crippen molar-refractivity contribution in [2.45, 2.75) is 12.8 Å². The number of hydrogen-bond acceptors (Lipinski definition) is 2. The van der Waals surface area contributed by atoms with E-state index in [0.29, 0.717) is 0 Å². The van der Waals surface area contributed by atoms with Crippen LogP contribution in [0.3, 0.4) is 0 Å². The summed E-state index contributed by atoms with van der Waals surface area (Å²) in [5.74, 6) is -2.15. The fourth-order valence-electron chi connectivity index (χ4n) is 0.365. The summed E-state index contributed by atoms with van der Waals surface area (Å²) < 4.78 is 0. The molecular formula is C6H9KO4. The molecule has 2 N–H and O–H groups in total. The van der Waals surface area contributed by atoms with E-state index in [2.05, 4.69) is 6.58 Å². The molecular weight excluding hydrogens is 175 g/mol. The van der Waals surface area contributed by atoms with Crippen molar-refractivity contribution in [1.29, 1.82) is 0 Å². The molecule has 0 bridgehead atoms. The molecule has 0 aromatic heterocycles. The number of rotatable bonds is 4. The maximum absolute atomic E-state index is 10.0. The van der Waals surface area contributed by atoms with Gasteiger partial charge >= 0.3 is 63.3 Å². The van der Waals surface area contributed by atoms with Gasteiger partial charge in [0.05, 0.1) is 0 Å². The van der Waals surface area contributed by atoms with Gasteiger partial charge in [-0.1, -0.05) is 6.58 Å². The average molecular weight is 184 g/mol. The number of hydrogen-bond donors (Lipinski definition) is 2. The number of carboxylic acid groups (broad SMARTS) is 2. The molecule has 0 fully saturated rings. The van der Waals surface area contributed by atoms with Crippen LogP contribution in [0.5, 0.6) is 0 Å². The van der Waals surface area contributed by atoms with Gasteiger partial charge in [-0.25, -0.2) is 4.79 Å². The van der Waals surface area contributed by atoms with Gasteiger partial charge in [0.15, 0.2) is 0 Å². The molecule has 0 amide bonds. The van der Waals surface area contributed by atoms with Crippen molar-refractivity contribution in [1.82, 2.24) is 0 Å². The van der Waals surface area contributed by atoms with Crippen LogP contribution >= 0.6 is 0 Å². The molecule has 4 nitrogen and oxygen atoms in total. The molecule has 5 heteroatoms. The van der Waals surface area contributed by atoms with E-state index in [1.54, 1.807) is 0 Å². The van der Waals surface area contributed by atoms with E-state index in [1.165, 1.54) is 0 Å². The van der Waals surface area contributed by atoms with Crippen LogP contribution in [0.25, 0.3) is 0 Å². The van der Waals surface area contributed by atoms with Gasteiger partial charge in [-0.2, -0.15) is 0 Å². The van der Waals surface area contributed by atoms with Crippen LogP contribution in [0.2, 0.25) is 0 Å². The topological polar surface area (TPSA) is 74.6 Å². The molecule has 0 aromatic carbocycles. The maximum atomic E-state index is 10.0. The zero-order valence-electron chi connectivity index (χ0n) is 5.33. The van der Waals surface area contributed by atoms with Gasteiger partial charge < -0.3 is 10.2 Å². The molecule has 0 aliphatic carbocycles. The standard InChI is InChI=1S/C6H8O4.K.H/c1-4(6(9)10)2-3-5(7)8;;/h1-3H2,(H,7,8)(H,9,10);;. The number of carboxylic acids is 2. The second kappa shape index (κ2) is 6.99. The first-order valence-corrected chi connectivity index (χ1v) is 2.67. The SMILES string of the molecule is C=C(CCC(=O)O)C(=O)O.[KH]. The van der Waals surface area contributed by atoms with Crippen LogP contribution in [-0.2, 0) is 9.59 Å². The Morgan fingerprint density at radius 1 is 1.18 bits per heavy atom. The van der Waals surface area contributed by atoms with Gasteiger partial charge in [0.25, 0.3) is 0 Å². The van der Waals surface area contributed by atoms with Crippen molar-refractivity contribution in [2.24, 2.45) is 0 Å². The summed E-state index contributed by atoms with van der Waals surface area (Å²) in [5.41, 5.74) is -0.0672. The Bertz CT molecular complexity index is 175. The number of carbonyl (C=O) groups is 2. The third-order valence-corrected chi connectivity index (χ3v) is 0.943. The van der Waals surface area contributed by atoms with Gasteiger partial charge in [-0.05, 0) is 6.42 Å². The molecule has 0 heterocycles. The molecule has 0 saturated heterocycles. The predicted octanol–water partition coefficient (Wildman–Crippen LogP) is -0.156. The van der Waals surface area contributed by atoms with Crippen molar-refractivity contribution < 1.29 is 19.8 Å². The molecule has 0 unspecified atom stereocenters. The summed E-state index contributed by atoms with van der Waals surface area (Å²) in [6.07, 6.45) is -0.171. The molecule has 0 aliphatic rings. The Hall–Kier alpha value is 0.316. The summed E-state index contributed by atoms with van der Waals surface area (Å²) in [7, 11) is 0. The van der Waals surface area contributed by atoms with Crippen LogP contribution in [-0.4, -0.2) is 73.5 Å². The van der Waals surface area contributed by atoms with E-state index in [4.69, 9.17) is 10.2 Å². The van der Waals surface area contributed by atoms with Crippen LogP contribution in [0.15, 0.2) is 12.2 Å². The van der Waals surface area contributed by atoms with Crippen molar-refractivity contribution in [3.8, 4) is 0 Å². The Labute approximate surface area is 107 Å². The molecule has 0 rings (SSSR count). The van der Waals surface area contributed by atoms with Crippen molar-refractivity contribution >= 4 is 63.3 Å². The van der Waals surface area contributed by atoms with Crippen molar-refractivity contribution in [3.05, 3.63) is 12.2 Å². The molecule has 0 radical (unpaired) electrons. The fourth-order valence-corrected chi connectivity index (χ4v) is 0.365. The monoisotopic (exact) mass is 184 g/mol. The summed E-state index contributed by atoms with van der Waals surface area (Å²) >= 11 is 0. The molecule has 11 heavy (non-hydrogen) atoms. The zero-order valence-corrected chi connectivity index (χ0v) is 5.33. The number of aliphatic carboxylic acids is 2. The summed E-state index contributed by atoms with van der Waals surface area (Å²) in [5, 5.41) is 16.3. The van der Waals surface area contributed by atoms with E-state index < -0.39 is 11.9 Å². The molecule has 0 saturated carbocycles. The third kappa shape index (κ3) is 8.22. The van der Waals surface area contributed by atoms with Gasteiger partial charge in [-0.15, -0.1) is 0 Å². The van der Waals surface area contributed by atoms with Gasteiger partial charge in [0, 0.05) is 12.0 Å². The Morgan fingerprint density at radius 2 is 1.64 bits per heavy atom. The first-order chi connectivity index (χ1) is 4.54. The van der Waals surface area contributed by atoms with Gasteiger partial charge in [-0.3, -0.25) is 4.79 Å². The Balaban J connectivity index is 0. The normalized spacial score (nSPS) is 8.00. The van der Waals surface area contributed by atoms with Gasteiger partial charge in [0.2, 0.25) is 0 Å². The summed E-state index contributed by atoms with van der Waals surface area (Å²) in [6, 6.07) is 0. The zero-order chi connectivity index (χ0) is 8.15. The van der Waals surface area contributed by atoms with Crippen molar-refractivity contribution in [3.63, 3.8) is 0 Å². The average Bonchev–Trinajstić information content (AvgIpc) is 1.82. The quantitative estimate of drug-likeness (QED) is 0.470. The minimum atomic E-state index is -1.14. The van der Waals surface area contributed by atoms with E-state index in [9.17, 15) is 9.59 Å². The van der Waals surface area contributed by atoms with Crippen LogP contribution in [0.1, 0.15) is 12.8 Å². The van der Waals surface area contributed by atoms with Crippen molar-refractivity contribution in [2.75, 3.05) is 0 Å². The van der Waals surface area contributed by atoms with Crippen LogP contribution in [0, 0.1) is 0 Å². The minimum absolute atomic E-state index is 0. The summed E-state index contributed by atoms with van der Waals surface area (Å²) in [6.45, 7) is 3.16. The second-order valence-corrected chi connectivity index (χ2v) is 1.80. The molecule has 58 valence electrons. The van der Waals surface area contributed by atoms with E-state index >= 15 is 0 Å². The van der Waals surface area contributed by atoms with Crippen LogP contribution in [0.4, 0.5) is 0 Å². The Kier molecular flexibility index (Phi) is 8.82. The van der Waals surface area contributed by atoms with Crippen LogP contribution < -0.4 is 0 Å². The Morgan fingerprint density at radius 3 is 1.91 bits per heavy atom. The first kappa shape index (κ1) is 13.9. The van der Waals surface area contributed by atoms with E-state index in [-0.39, 0.29) is 69.8 Å². The first-order valence-electron chi connectivity index (χ1n) is 2.67. The molecule has 0 atom stereocenters. The second-order valence-electron chi connectivity index (χ2n) is 1.80. The fraction of sp³-hybridized carbons (Fsp3) is 0.333. The molecule has 0 aromatic rings.